The third kappa shape index (κ3) is 2.96. The van der Waals surface area contributed by atoms with Gasteiger partial charge in [0.05, 0.1) is 13.2 Å². The molecule has 2 heterocycles. The van der Waals surface area contributed by atoms with Crippen LogP contribution in [0, 0.1) is 6.92 Å². The molecule has 0 aromatic carbocycles. The minimum Gasteiger partial charge on any atom is -0.377 e. The van der Waals surface area contributed by atoms with Crippen molar-refractivity contribution in [3.05, 3.63) is 22.3 Å². The highest BCUT2D eigenvalue weighted by Gasteiger charge is 2.34. The average Bonchev–Trinajstić information content (AvgIpc) is 3.23. The van der Waals surface area contributed by atoms with Crippen molar-refractivity contribution in [1.82, 2.24) is 10.3 Å². The molecule has 1 aromatic rings. The lowest BCUT2D eigenvalue weighted by molar-refractivity contribution is -0.124. The quantitative estimate of drug-likeness (QED) is 0.909. The van der Waals surface area contributed by atoms with Crippen LogP contribution >= 0.6 is 15.9 Å². The van der Waals surface area contributed by atoms with Gasteiger partial charge in [0, 0.05) is 23.3 Å². The summed E-state index contributed by atoms with van der Waals surface area (Å²) in [6.45, 7) is 3.76. The molecule has 1 aliphatic heterocycles. The van der Waals surface area contributed by atoms with Crippen LogP contribution in [0.2, 0.25) is 0 Å². The van der Waals surface area contributed by atoms with Crippen molar-refractivity contribution in [1.29, 1.82) is 0 Å². The Morgan fingerprint density at radius 2 is 2.35 bits per heavy atom. The summed E-state index contributed by atoms with van der Waals surface area (Å²) in [6, 6.07) is 2.11. The Bertz CT molecular complexity index is 519. The van der Waals surface area contributed by atoms with Crippen LogP contribution in [0.3, 0.4) is 0 Å². The third-order valence-corrected chi connectivity index (χ3v) is 4.08. The highest BCUT2D eigenvalue weighted by atomic mass is 79.9. The van der Waals surface area contributed by atoms with E-state index in [0.29, 0.717) is 25.8 Å². The van der Waals surface area contributed by atoms with E-state index in [-0.39, 0.29) is 11.9 Å². The van der Waals surface area contributed by atoms with Gasteiger partial charge in [-0.05, 0) is 47.3 Å². The molecular weight excluding hydrogens is 322 g/mol. The van der Waals surface area contributed by atoms with E-state index in [0.717, 1.165) is 28.7 Å². The highest BCUT2D eigenvalue weighted by Crippen LogP contribution is 2.25. The fourth-order valence-electron chi connectivity index (χ4n) is 2.43. The highest BCUT2D eigenvalue weighted by molar-refractivity contribution is 9.10. The third-order valence-electron chi connectivity index (χ3n) is 3.64. The Morgan fingerprint density at radius 1 is 1.55 bits per heavy atom. The minimum absolute atomic E-state index is 0.0521. The summed E-state index contributed by atoms with van der Waals surface area (Å²) in [6.07, 6.45) is 3.96. The van der Waals surface area contributed by atoms with Gasteiger partial charge in [-0.15, -0.1) is 0 Å². The maximum atomic E-state index is 12.3. The van der Waals surface area contributed by atoms with Crippen LogP contribution in [0.1, 0.15) is 18.4 Å². The molecule has 0 spiro atoms. The van der Waals surface area contributed by atoms with Gasteiger partial charge in [0.1, 0.15) is 11.9 Å². The Balaban J connectivity index is 1.81. The van der Waals surface area contributed by atoms with Gasteiger partial charge in [0.2, 0.25) is 5.91 Å². The van der Waals surface area contributed by atoms with E-state index >= 15 is 0 Å². The molecule has 1 aromatic heterocycles. The number of rotatable bonds is 3. The molecule has 1 N–H and O–H groups in total. The topological polar surface area (TPSA) is 54.5 Å². The average molecular weight is 340 g/mol. The molecule has 3 rings (SSSR count). The van der Waals surface area contributed by atoms with Crippen molar-refractivity contribution in [3.63, 3.8) is 0 Å². The Hall–Kier alpha value is -1.14. The maximum absolute atomic E-state index is 12.3. The monoisotopic (exact) mass is 339 g/mol. The summed E-state index contributed by atoms with van der Waals surface area (Å²) >= 11 is 3.42. The van der Waals surface area contributed by atoms with Gasteiger partial charge in [-0.1, -0.05) is 0 Å². The molecule has 2 fully saturated rings. The number of ether oxygens (including phenoxy) is 1. The second kappa shape index (κ2) is 5.69. The van der Waals surface area contributed by atoms with Gasteiger partial charge in [-0.2, -0.15) is 0 Å². The maximum Gasteiger partial charge on any atom is 0.245 e. The summed E-state index contributed by atoms with van der Waals surface area (Å²) in [7, 11) is 0. The molecule has 1 saturated carbocycles. The number of aromatic nitrogens is 1. The van der Waals surface area contributed by atoms with E-state index in [1.54, 1.807) is 6.20 Å². The molecule has 1 atom stereocenters. The summed E-state index contributed by atoms with van der Waals surface area (Å²) in [5.41, 5.74) is 1.06. The van der Waals surface area contributed by atoms with E-state index in [1.165, 1.54) is 0 Å². The number of aryl methyl sites for hydroxylation is 1. The smallest absolute Gasteiger partial charge is 0.245 e. The van der Waals surface area contributed by atoms with Crippen LogP contribution in [0.15, 0.2) is 16.7 Å². The summed E-state index contributed by atoms with van der Waals surface area (Å²) in [5, 5.41) is 3.06. The molecule has 6 heteroatoms. The molecule has 1 amide bonds. The number of amides is 1. The molecular formula is C14H18BrN3O2. The van der Waals surface area contributed by atoms with Crippen LogP contribution in [0.5, 0.6) is 0 Å². The van der Waals surface area contributed by atoms with E-state index in [1.807, 2.05) is 13.0 Å². The first-order chi connectivity index (χ1) is 9.65. The molecule has 1 aliphatic carbocycles. The number of pyridine rings is 1. The molecule has 20 heavy (non-hydrogen) atoms. The number of halogens is 1. The fraction of sp³-hybridized carbons (Fsp3) is 0.571. The number of morpholine rings is 1. The second-order valence-electron chi connectivity index (χ2n) is 5.36. The molecule has 2 aliphatic rings. The van der Waals surface area contributed by atoms with Crippen LogP contribution in [0.25, 0.3) is 0 Å². The number of hydrogen-bond acceptors (Lipinski definition) is 4. The first-order valence-electron chi connectivity index (χ1n) is 6.92. The van der Waals surface area contributed by atoms with Crippen LogP contribution in [0.4, 0.5) is 5.82 Å². The van der Waals surface area contributed by atoms with Gasteiger partial charge in [-0.25, -0.2) is 4.98 Å². The molecule has 1 unspecified atom stereocenters. The molecule has 0 bridgehead atoms. The van der Waals surface area contributed by atoms with E-state index in [4.69, 9.17) is 4.74 Å². The summed E-state index contributed by atoms with van der Waals surface area (Å²) in [4.78, 5) is 18.9. The molecule has 1 saturated heterocycles. The molecule has 108 valence electrons. The van der Waals surface area contributed by atoms with Crippen molar-refractivity contribution in [3.8, 4) is 0 Å². The summed E-state index contributed by atoms with van der Waals surface area (Å²) < 4.78 is 6.43. The predicted octanol–water partition coefficient (Wildman–Crippen LogP) is 1.64. The fourth-order valence-corrected chi connectivity index (χ4v) is 2.88. The lowest BCUT2D eigenvalue weighted by Gasteiger charge is -2.36. The number of carbonyl (C=O) groups excluding carboxylic acids is 1. The normalized spacial score (nSPS) is 22.7. The number of carbonyl (C=O) groups is 1. The van der Waals surface area contributed by atoms with Crippen LogP contribution in [-0.4, -0.2) is 42.7 Å². The van der Waals surface area contributed by atoms with E-state index in [9.17, 15) is 4.79 Å². The van der Waals surface area contributed by atoms with Gasteiger partial charge < -0.3 is 15.0 Å². The second-order valence-corrected chi connectivity index (χ2v) is 6.28. The zero-order valence-corrected chi connectivity index (χ0v) is 13.0. The summed E-state index contributed by atoms with van der Waals surface area (Å²) in [5.74, 6) is 0.920. The first-order valence-corrected chi connectivity index (χ1v) is 7.71. The number of anilines is 1. The largest absolute Gasteiger partial charge is 0.377 e. The van der Waals surface area contributed by atoms with Crippen LogP contribution in [-0.2, 0) is 9.53 Å². The Morgan fingerprint density at radius 3 is 3.05 bits per heavy atom. The standard InChI is InChI=1S/C14H18BrN3O2/c1-9-6-10(15)7-16-13(9)18-4-5-20-8-12(18)14(19)17-11-2-3-11/h6-7,11-12H,2-5,8H2,1H3,(H,17,19). The zero-order valence-electron chi connectivity index (χ0n) is 11.4. The molecule has 0 radical (unpaired) electrons. The van der Waals surface area contributed by atoms with Crippen LogP contribution < -0.4 is 10.2 Å². The van der Waals surface area contributed by atoms with Crippen molar-refractivity contribution in [2.24, 2.45) is 0 Å². The zero-order chi connectivity index (χ0) is 14.1. The Kier molecular flexibility index (Phi) is 3.94. The predicted molar refractivity (Wildman–Crippen MR) is 79.8 cm³/mol. The number of hydrogen-bond donors (Lipinski definition) is 1. The van der Waals surface area contributed by atoms with Gasteiger partial charge in [0.15, 0.2) is 0 Å². The van der Waals surface area contributed by atoms with Gasteiger partial charge in [-0.3, -0.25) is 4.79 Å². The van der Waals surface area contributed by atoms with E-state index < -0.39 is 0 Å². The Labute approximate surface area is 126 Å². The lowest BCUT2D eigenvalue weighted by Crippen LogP contribution is -2.54. The van der Waals surface area contributed by atoms with Gasteiger partial charge in [0.25, 0.3) is 0 Å². The number of nitrogens with one attached hydrogen (secondary N) is 1. The number of nitrogens with zero attached hydrogens (tertiary/aromatic N) is 2. The SMILES string of the molecule is Cc1cc(Br)cnc1N1CCOCC1C(=O)NC1CC1. The lowest BCUT2D eigenvalue weighted by atomic mass is 10.1. The van der Waals surface area contributed by atoms with Crippen molar-refractivity contribution in [2.45, 2.75) is 31.8 Å². The van der Waals surface area contributed by atoms with Crippen molar-refractivity contribution < 1.29 is 9.53 Å². The molecule has 5 nitrogen and oxygen atoms in total. The van der Waals surface area contributed by atoms with Crippen molar-refractivity contribution >= 4 is 27.7 Å². The first kappa shape index (κ1) is 13.8. The van der Waals surface area contributed by atoms with Crippen molar-refractivity contribution in [2.75, 3.05) is 24.7 Å². The van der Waals surface area contributed by atoms with Gasteiger partial charge >= 0.3 is 0 Å². The minimum atomic E-state index is -0.281. The van der Waals surface area contributed by atoms with E-state index in [2.05, 4.69) is 31.1 Å².